The number of carbonyl (C=O) groups excluding carboxylic acids is 1. The Labute approximate surface area is 202 Å². The fourth-order valence-electron chi connectivity index (χ4n) is 3.76. The van der Waals surface area contributed by atoms with E-state index in [0.29, 0.717) is 32.1 Å². The van der Waals surface area contributed by atoms with Crippen molar-refractivity contribution >= 4 is 33.2 Å². The first-order valence-electron chi connectivity index (χ1n) is 10.6. The highest BCUT2D eigenvalue weighted by molar-refractivity contribution is 7.89. The molecule has 0 radical (unpaired) electrons. The molecule has 1 aliphatic rings. The van der Waals surface area contributed by atoms with Gasteiger partial charge < -0.3 is 9.80 Å². The van der Waals surface area contributed by atoms with Crippen LogP contribution in [0.2, 0.25) is 0 Å². The summed E-state index contributed by atoms with van der Waals surface area (Å²) in [6.07, 6.45) is 2.63. The first kappa shape index (κ1) is 24.2. The molecule has 3 heterocycles. The maximum Gasteiger partial charge on any atom is 0.277 e. The molecule has 1 aliphatic heterocycles. The average Bonchev–Trinajstić information content (AvgIpc) is 3.31. The molecule has 4 rings (SSSR count). The van der Waals surface area contributed by atoms with Gasteiger partial charge in [0, 0.05) is 50.0 Å². The SMILES string of the molecule is CN(C)Cc1sccc1-c1ccc(S(=O)(=O)N2CCN(c3ncc(C(=O)NO)cn3)CC2)cc1. The predicted molar refractivity (Wildman–Crippen MR) is 129 cm³/mol. The van der Waals surface area contributed by atoms with Crippen molar-refractivity contribution in [2.24, 2.45) is 0 Å². The maximum atomic E-state index is 13.2. The molecule has 0 aliphatic carbocycles. The lowest BCUT2D eigenvalue weighted by atomic mass is 10.1. The van der Waals surface area contributed by atoms with Gasteiger partial charge in [-0.05, 0) is 48.8 Å². The van der Waals surface area contributed by atoms with Crippen molar-refractivity contribution in [1.29, 1.82) is 0 Å². The zero-order valence-electron chi connectivity index (χ0n) is 18.9. The number of hydrogen-bond donors (Lipinski definition) is 2. The van der Waals surface area contributed by atoms with Crippen LogP contribution in [0.15, 0.2) is 53.0 Å². The van der Waals surface area contributed by atoms with E-state index in [1.54, 1.807) is 23.5 Å². The van der Waals surface area contributed by atoms with E-state index in [2.05, 4.69) is 26.3 Å². The molecule has 12 heteroatoms. The Bertz CT molecular complexity index is 1240. The second-order valence-electron chi connectivity index (χ2n) is 8.12. The third-order valence-electron chi connectivity index (χ3n) is 5.53. The number of amides is 1. The number of nitrogens with zero attached hydrogens (tertiary/aromatic N) is 5. The minimum atomic E-state index is -3.62. The quantitative estimate of drug-likeness (QED) is 0.371. The standard InChI is InChI=1S/C22H26N6O4S2/c1-26(2)15-20-19(7-12-33-20)16-3-5-18(6-4-16)34(31,32)28-10-8-27(9-11-28)22-23-13-17(14-24-22)21(29)25-30/h3-7,12-14,30H,8-11,15H2,1-2H3,(H,25,29). The summed E-state index contributed by atoms with van der Waals surface area (Å²) in [7, 11) is 0.423. The third kappa shape index (κ3) is 5.10. The molecule has 0 bridgehead atoms. The monoisotopic (exact) mass is 502 g/mol. The molecule has 10 nitrogen and oxygen atoms in total. The number of nitrogens with one attached hydrogen (secondary N) is 1. The molecule has 0 saturated carbocycles. The smallest absolute Gasteiger partial charge is 0.277 e. The van der Waals surface area contributed by atoms with E-state index < -0.39 is 15.9 Å². The van der Waals surface area contributed by atoms with E-state index >= 15 is 0 Å². The summed E-state index contributed by atoms with van der Waals surface area (Å²) >= 11 is 1.69. The van der Waals surface area contributed by atoms with Crippen LogP contribution < -0.4 is 10.4 Å². The molecule has 0 spiro atoms. The fourth-order valence-corrected chi connectivity index (χ4v) is 6.19. The van der Waals surface area contributed by atoms with Crippen LogP contribution in [0.4, 0.5) is 5.95 Å². The molecule has 2 aromatic heterocycles. The van der Waals surface area contributed by atoms with Gasteiger partial charge in [-0.25, -0.2) is 23.9 Å². The summed E-state index contributed by atoms with van der Waals surface area (Å²) in [6, 6.07) is 9.13. The second-order valence-corrected chi connectivity index (χ2v) is 11.1. The number of aromatic nitrogens is 2. The Hall–Kier alpha value is -2.90. The van der Waals surface area contributed by atoms with Gasteiger partial charge >= 0.3 is 0 Å². The van der Waals surface area contributed by atoms with Gasteiger partial charge in [0.1, 0.15) is 0 Å². The molecule has 0 unspecified atom stereocenters. The van der Waals surface area contributed by atoms with Crippen LogP contribution in [-0.2, 0) is 16.6 Å². The van der Waals surface area contributed by atoms with Crippen molar-refractivity contribution in [3.8, 4) is 11.1 Å². The lowest BCUT2D eigenvalue weighted by molar-refractivity contribution is 0.0705. The molecule has 0 atom stereocenters. The van der Waals surface area contributed by atoms with Crippen LogP contribution in [0.1, 0.15) is 15.2 Å². The van der Waals surface area contributed by atoms with Crippen LogP contribution in [0, 0.1) is 0 Å². The van der Waals surface area contributed by atoms with Crippen LogP contribution in [0.5, 0.6) is 0 Å². The highest BCUT2D eigenvalue weighted by Gasteiger charge is 2.29. The Morgan fingerprint density at radius 3 is 2.32 bits per heavy atom. The number of hydroxylamine groups is 1. The van der Waals surface area contributed by atoms with Crippen molar-refractivity contribution in [1.82, 2.24) is 24.7 Å². The van der Waals surface area contributed by atoms with Gasteiger partial charge in [-0.15, -0.1) is 11.3 Å². The lowest BCUT2D eigenvalue weighted by Gasteiger charge is -2.34. The molecular weight excluding hydrogens is 476 g/mol. The molecule has 1 aromatic carbocycles. The van der Waals surface area contributed by atoms with E-state index in [-0.39, 0.29) is 10.5 Å². The first-order valence-corrected chi connectivity index (χ1v) is 12.9. The van der Waals surface area contributed by atoms with Crippen molar-refractivity contribution < 1.29 is 18.4 Å². The first-order chi connectivity index (χ1) is 16.3. The molecule has 2 N–H and O–H groups in total. The number of anilines is 1. The van der Waals surface area contributed by atoms with E-state index in [4.69, 9.17) is 5.21 Å². The van der Waals surface area contributed by atoms with E-state index in [1.165, 1.54) is 27.1 Å². The summed E-state index contributed by atoms with van der Waals surface area (Å²) < 4.78 is 27.9. The largest absolute Gasteiger partial charge is 0.338 e. The van der Waals surface area contributed by atoms with Gasteiger partial charge in [0.15, 0.2) is 0 Å². The lowest BCUT2D eigenvalue weighted by Crippen LogP contribution is -2.49. The summed E-state index contributed by atoms with van der Waals surface area (Å²) in [5.74, 6) is -0.290. The predicted octanol–water partition coefficient (Wildman–Crippen LogP) is 1.90. The number of rotatable bonds is 7. The average molecular weight is 503 g/mol. The van der Waals surface area contributed by atoms with E-state index in [1.807, 2.05) is 31.1 Å². The Kier molecular flexibility index (Phi) is 7.24. The number of piperazine rings is 1. The molecule has 1 amide bonds. The van der Waals surface area contributed by atoms with Crippen LogP contribution in [-0.4, -0.2) is 79.0 Å². The minimum absolute atomic E-state index is 0.132. The second kappa shape index (κ2) is 10.2. The summed E-state index contributed by atoms with van der Waals surface area (Å²) in [5, 5.41) is 10.7. The number of carbonyl (C=O) groups is 1. The highest BCUT2D eigenvalue weighted by atomic mass is 32.2. The van der Waals surface area contributed by atoms with Crippen LogP contribution in [0.25, 0.3) is 11.1 Å². The molecule has 34 heavy (non-hydrogen) atoms. The Balaban J connectivity index is 1.42. The number of benzene rings is 1. The fraction of sp³-hybridized carbons (Fsp3) is 0.318. The molecule has 3 aromatic rings. The highest BCUT2D eigenvalue weighted by Crippen LogP contribution is 2.30. The normalized spacial score (nSPS) is 15.0. The molecule has 1 saturated heterocycles. The zero-order chi connectivity index (χ0) is 24.3. The zero-order valence-corrected chi connectivity index (χ0v) is 20.5. The van der Waals surface area contributed by atoms with Gasteiger partial charge in [0.2, 0.25) is 16.0 Å². The Morgan fingerprint density at radius 1 is 1.09 bits per heavy atom. The molecular formula is C22H26N6O4S2. The number of thiophene rings is 1. The summed E-state index contributed by atoms with van der Waals surface area (Å²) in [5.41, 5.74) is 3.79. The van der Waals surface area contributed by atoms with Crippen LogP contribution in [0.3, 0.4) is 0 Å². The maximum absolute atomic E-state index is 13.2. The number of sulfonamides is 1. The topological polar surface area (TPSA) is 119 Å². The molecule has 1 fully saturated rings. The van der Waals surface area contributed by atoms with Crippen molar-refractivity contribution in [2.45, 2.75) is 11.4 Å². The Morgan fingerprint density at radius 2 is 1.74 bits per heavy atom. The van der Waals surface area contributed by atoms with E-state index in [9.17, 15) is 13.2 Å². The van der Waals surface area contributed by atoms with Crippen molar-refractivity contribution in [2.75, 3.05) is 45.2 Å². The van der Waals surface area contributed by atoms with Crippen LogP contribution >= 0.6 is 11.3 Å². The van der Waals surface area contributed by atoms with E-state index in [0.717, 1.165) is 17.7 Å². The molecule has 180 valence electrons. The summed E-state index contributed by atoms with van der Waals surface area (Å²) in [6.45, 7) is 2.27. The van der Waals surface area contributed by atoms with Gasteiger partial charge in [0.25, 0.3) is 5.91 Å². The van der Waals surface area contributed by atoms with Gasteiger partial charge in [-0.3, -0.25) is 10.0 Å². The number of hydrogen-bond acceptors (Lipinski definition) is 9. The van der Waals surface area contributed by atoms with Crippen molar-refractivity contribution in [3.63, 3.8) is 0 Å². The third-order valence-corrected chi connectivity index (χ3v) is 8.35. The summed E-state index contributed by atoms with van der Waals surface area (Å²) in [4.78, 5) is 25.2. The van der Waals surface area contributed by atoms with Gasteiger partial charge in [-0.1, -0.05) is 12.1 Å². The van der Waals surface area contributed by atoms with Gasteiger partial charge in [-0.2, -0.15) is 4.31 Å². The minimum Gasteiger partial charge on any atom is -0.338 e. The van der Waals surface area contributed by atoms with Gasteiger partial charge in [0.05, 0.1) is 10.5 Å². The van der Waals surface area contributed by atoms with Crippen molar-refractivity contribution in [3.05, 3.63) is 58.5 Å².